The third-order valence-corrected chi connectivity index (χ3v) is 7.37. The maximum Gasteiger partial charge on any atom is 0.397 e. The summed E-state index contributed by atoms with van der Waals surface area (Å²) in [5.41, 5.74) is 3.57. The lowest BCUT2D eigenvalue weighted by Gasteiger charge is -2.36. The number of hydrogen-bond donors (Lipinski definition) is 0. The van der Waals surface area contributed by atoms with Crippen LogP contribution in [0.4, 0.5) is 10.5 Å². The minimum absolute atomic E-state index is 0.137. The van der Waals surface area contributed by atoms with E-state index < -0.39 is 6.04 Å². The second-order valence-corrected chi connectivity index (χ2v) is 9.32. The first-order valence-corrected chi connectivity index (χ1v) is 11.8. The van der Waals surface area contributed by atoms with Gasteiger partial charge in [0, 0.05) is 26.6 Å². The Balaban J connectivity index is 1.44. The van der Waals surface area contributed by atoms with Gasteiger partial charge in [0.25, 0.3) is 5.91 Å². The maximum absolute atomic E-state index is 13.6. The predicted octanol–water partition coefficient (Wildman–Crippen LogP) is 2.04. The summed E-state index contributed by atoms with van der Waals surface area (Å²) in [7, 11) is 1.75. The van der Waals surface area contributed by atoms with Crippen LogP contribution < -0.4 is 4.90 Å². The van der Waals surface area contributed by atoms with Crippen LogP contribution in [0.25, 0.3) is 0 Å². The standard InChI is InChI=1S/C24H33N6O2/c1-17-9-7-10-19(18(17)2)28-13-8-14-29-20-21(25-23(28)29)26(3)24(32)30(22(20)31)16-15-27-11-5-4-6-12-27/h7,9-10,20H,4-6,8,11-16H2,1-3H3/q+1. The molecule has 0 radical (unpaired) electrons. The van der Waals surface area contributed by atoms with Crippen LogP contribution in [0.3, 0.4) is 0 Å². The molecule has 170 valence electrons. The Kier molecular flexibility index (Phi) is 5.49. The van der Waals surface area contributed by atoms with Gasteiger partial charge in [-0.1, -0.05) is 23.5 Å². The van der Waals surface area contributed by atoms with Crippen molar-refractivity contribution in [2.24, 2.45) is 4.99 Å². The number of imide groups is 1. The topological polar surface area (TPSA) is 62.5 Å². The number of aliphatic imine (C=N–C) groups is 1. The molecule has 2 saturated heterocycles. The molecule has 0 N–H and O–H groups in total. The van der Waals surface area contributed by atoms with Gasteiger partial charge in [-0.25, -0.2) is 14.3 Å². The van der Waals surface area contributed by atoms with Crippen molar-refractivity contribution in [2.45, 2.75) is 45.6 Å². The lowest BCUT2D eigenvalue weighted by Crippen LogP contribution is -2.64. The number of guanidine groups is 1. The van der Waals surface area contributed by atoms with Crippen molar-refractivity contribution in [2.75, 3.05) is 51.2 Å². The quantitative estimate of drug-likeness (QED) is 0.677. The van der Waals surface area contributed by atoms with Gasteiger partial charge in [-0.05, 0) is 57.0 Å². The second-order valence-electron chi connectivity index (χ2n) is 9.32. The van der Waals surface area contributed by atoms with Crippen LogP contribution in [0.5, 0.6) is 0 Å². The zero-order chi connectivity index (χ0) is 22.4. The molecule has 4 heterocycles. The van der Waals surface area contributed by atoms with Gasteiger partial charge in [-0.2, -0.15) is 0 Å². The molecule has 1 aromatic carbocycles. The molecule has 5 rings (SSSR count). The van der Waals surface area contributed by atoms with Crippen molar-refractivity contribution in [3.63, 3.8) is 0 Å². The highest BCUT2D eigenvalue weighted by molar-refractivity contribution is 6.24. The van der Waals surface area contributed by atoms with E-state index in [9.17, 15) is 9.59 Å². The van der Waals surface area contributed by atoms with Crippen molar-refractivity contribution < 1.29 is 14.2 Å². The number of nitrogens with zero attached hydrogens (tertiary/aromatic N) is 6. The monoisotopic (exact) mass is 437 g/mol. The minimum atomic E-state index is -0.512. The van der Waals surface area contributed by atoms with Crippen LogP contribution >= 0.6 is 0 Å². The summed E-state index contributed by atoms with van der Waals surface area (Å²) in [4.78, 5) is 39.1. The van der Waals surface area contributed by atoms with Crippen molar-refractivity contribution in [1.29, 1.82) is 0 Å². The van der Waals surface area contributed by atoms with E-state index in [1.54, 1.807) is 11.9 Å². The van der Waals surface area contributed by atoms with Crippen LogP contribution in [-0.2, 0) is 4.79 Å². The van der Waals surface area contributed by atoms with E-state index in [-0.39, 0.29) is 11.9 Å². The first kappa shape index (κ1) is 21.1. The Morgan fingerprint density at radius 2 is 1.81 bits per heavy atom. The number of urea groups is 1. The van der Waals surface area contributed by atoms with Crippen LogP contribution in [0.1, 0.15) is 36.8 Å². The zero-order valence-electron chi connectivity index (χ0n) is 19.4. The van der Waals surface area contributed by atoms with Crippen molar-refractivity contribution in [1.82, 2.24) is 14.7 Å². The molecule has 32 heavy (non-hydrogen) atoms. The number of benzene rings is 1. The van der Waals surface area contributed by atoms with E-state index in [2.05, 4.69) is 46.4 Å². The molecule has 2 fully saturated rings. The third kappa shape index (κ3) is 3.41. The molecule has 0 aliphatic carbocycles. The number of amidine groups is 1. The molecule has 1 unspecified atom stereocenters. The Bertz CT molecular complexity index is 1010. The molecule has 8 nitrogen and oxygen atoms in total. The van der Waals surface area contributed by atoms with E-state index in [0.29, 0.717) is 12.4 Å². The molecule has 0 aromatic heterocycles. The van der Waals surface area contributed by atoms with Gasteiger partial charge in [0.15, 0.2) is 0 Å². The summed E-state index contributed by atoms with van der Waals surface area (Å²) >= 11 is 0. The van der Waals surface area contributed by atoms with Gasteiger partial charge < -0.3 is 4.90 Å². The van der Waals surface area contributed by atoms with Crippen LogP contribution in [0, 0.1) is 13.8 Å². The first-order chi connectivity index (χ1) is 15.5. The fourth-order valence-corrected chi connectivity index (χ4v) is 5.34. The van der Waals surface area contributed by atoms with E-state index in [1.807, 2.05) is 0 Å². The number of amides is 3. The number of carbonyl (C=O) groups is 2. The smallest absolute Gasteiger partial charge is 0.302 e. The van der Waals surface area contributed by atoms with Gasteiger partial charge in [0.2, 0.25) is 11.9 Å². The number of likely N-dealkylation sites (N-methyl/N-ethyl adjacent to an activating group) is 1. The average molecular weight is 438 g/mol. The predicted molar refractivity (Wildman–Crippen MR) is 124 cm³/mol. The van der Waals surface area contributed by atoms with Gasteiger partial charge >= 0.3 is 12.0 Å². The molecule has 4 aliphatic rings. The zero-order valence-corrected chi connectivity index (χ0v) is 19.4. The molecule has 3 amide bonds. The van der Waals surface area contributed by atoms with Crippen molar-refractivity contribution in [3.05, 3.63) is 29.3 Å². The van der Waals surface area contributed by atoms with Crippen LogP contribution in [0.15, 0.2) is 23.2 Å². The highest BCUT2D eigenvalue weighted by Crippen LogP contribution is 2.29. The Labute approximate surface area is 189 Å². The number of likely N-dealkylation sites (tertiary alicyclic amines) is 1. The SMILES string of the molecule is Cc1cccc(N2CCC[N+]3=C2N=C2C3C(=O)N(CCN3CCCCC3)C(=O)N2C)c1C. The molecule has 8 heteroatoms. The summed E-state index contributed by atoms with van der Waals surface area (Å²) in [5, 5.41) is 0. The van der Waals surface area contributed by atoms with Crippen LogP contribution in [0.2, 0.25) is 0 Å². The van der Waals surface area contributed by atoms with E-state index >= 15 is 0 Å². The summed E-state index contributed by atoms with van der Waals surface area (Å²) in [6, 6.07) is 5.52. The molecular weight excluding hydrogens is 404 g/mol. The maximum atomic E-state index is 13.6. The Morgan fingerprint density at radius 1 is 1.03 bits per heavy atom. The van der Waals surface area contributed by atoms with Gasteiger partial charge in [0.1, 0.15) is 5.69 Å². The number of hydrogen-bond acceptors (Lipinski definition) is 5. The summed E-state index contributed by atoms with van der Waals surface area (Å²) in [5.74, 6) is 1.21. The average Bonchev–Trinajstić information content (AvgIpc) is 3.20. The summed E-state index contributed by atoms with van der Waals surface area (Å²) in [6.07, 6.45) is 4.60. The largest absolute Gasteiger partial charge is 0.397 e. The first-order valence-electron chi connectivity index (χ1n) is 11.8. The van der Waals surface area contributed by atoms with E-state index in [1.165, 1.54) is 35.3 Å². The molecule has 0 spiro atoms. The molecule has 1 aromatic rings. The van der Waals surface area contributed by atoms with Gasteiger partial charge in [-0.3, -0.25) is 14.6 Å². The third-order valence-electron chi connectivity index (χ3n) is 7.37. The fraction of sp³-hybridized carbons (Fsp3) is 0.583. The number of aryl methyl sites for hydroxylation is 1. The minimum Gasteiger partial charge on any atom is -0.302 e. The normalized spacial score (nSPS) is 24.2. The highest BCUT2D eigenvalue weighted by Gasteiger charge is 2.54. The van der Waals surface area contributed by atoms with Crippen molar-refractivity contribution >= 4 is 29.4 Å². The summed E-state index contributed by atoms with van der Waals surface area (Å²) < 4.78 is 2.10. The summed E-state index contributed by atoms with van der Waals surface area (Å²) in [6.45, 7) is 9.15. The Hall–Kier alpha value is -2.74. The fourth-order valence-electron chi connectivity index (χ4n) is 5.34. The van der Waals surface area contributed by atoms with Gasteiger partial charge in [-0.15, -0.1) is 0 Å². The molecule has 0 bridgehead atoms. The lowest BCUT2D eigenvalue weighted by atomic mass is 10.1. The molecule has 4 aliphatic heterocycles. The second kappa shape index (κ2) is 8.31. The highest BCUT2D eigenvalue weighted by atomic mass is 16.2. The number of carbonyl (C=O) groups excluding carboxylic acids is 2. The number of piperidine rings is 1. The molecule has 1 atom stereocenters. The lowest BCUT2D eigenvalue weighted by molar-refractivity contribution is -0.539. The van der Waals surface area contributed by atoms with E-state index in [4.69, 9.17) is 4.99 Å². The Morgan fingerprint density at radius 3 is 2.59 bits per heavy atom. The molecular formula is C24H33N6O2+. The number of anilines is 1. The van der Waals surface area contributed by atoms with Crippen molar-refractivity contribution in [3.8, 4) is 0 Å². The van der Waals surface area contributed by atoms with Gasteiger partial charge in [0.05, 0.1) is 13.1 Å². The number of fused-ring (bicyclic) bond motifs is 2. The van der Waals surface area contributed by atoms with Crippen LogP contribution in [-0.4, -0.2) is 95.4 Å². The number of rotatable bonds is 4. The molecule has 0 saturated carbocycles. The van der Waals surface area contributed by atoms with E-state index in [0.717, 1.165) is 50.8 Å².